The summed E-state index contributed by atoms with van der Waals surface area (Å²) < 4.78 is 24.2. The molecule has 1 fully saturated rings. The average Bonchev–Trinajstić information content (AvgIpc) is 3.19. The molecule has 330 valence electrons. The fourth-order valence-electron chi connectivity index (χ4n) is 7.82. The highest BCUT2D eigenvalue weighted by atomic mass is 16.7. The van der Waals surface area contributed by atoms with Crippen LogP contribution in [0.4, 0.5) is 0 Å². The molecule has 0 spiro atoms. The van der Waals surface area contributed by atoms with Gasteiger partial charge < -0.3 is 23.8 Å². The van der Waals surface area contributed by atoms with Crippen molar-refractivity contribution in [2.24, 2.45) is 0 Å². The van der Waals surface area contributed by atoms with Crippen LogP contribution in [0.1, 0.15) is 239 Å². The van der Waals surface area contributed by atoms with Crippen LogP contribution >= 0.6 is 0 Å². The molecular formula is C49H93NO6. The van der Waals surface area contributed by atoms with Crippen LogP contribution in [0.15, 0.2) is 12.2 Å². The Hall–Kier alpha value is -1.44. The van der Waals surface area contributed by atoms with Gasteiger partial charge in [0.25, 0.3) is 0 Å². The molecule has 1 rings (SSSR count). The third kappa shape index (κ3) is 33.5. The van der Waals surface area contributed by atoms with Gasteiger partial charge in [-0.15, -0.1) is 0 Å². The third-order valence-corrected chi connectivity index (χ3v) is 11.4. The Balaban J connectivity index is 2.18. The molecule has 0 aromatic rings. The summed E-state index contributed by atoms with van der Waals surface area (Å²) in [5.74, 6) is -0.382. The van der Waals surface area contributed by atoms with Crippen molar-refractivity contribution in [3.63, 3.8) is 0 Å². The van der Waals surface area contributed by atoms with E-state index in [1.54, 1.807) is 0 Å². The molecule has 0 amide bonds. The molecule has 0 aromatic carbocycles. The van der Waals surface area contributed by atoms with Crippen molar-refractivity contribution >= 4 is 11.9 Å². The second-order valence-corrected chi connectivity index (χ2v) is 17.2. The molecule has 0 radical (unpaired) electrons. The first-order valence-corrected chi connectivity index (χ1v) is 24.3. The van der Waals surface area contributed by atoms with Gasteiger partial charge in [-0.2, -0.15) is 0 Å². The Morgan fingerprint density at radius 3 is 1.61 bits per heavy atom. The lowest BCUT2D eigenvalue weighted by molar-refractivity contribution is -0.253. The lowest BCUT2D eigenvalue weighted by Gasteiger charge is -2.37. The molecule has 1 aliphatic carbocycles. The maximum Gasteiger partial charge on any atom is 0.306 e. The van der Waals surface area contributed by atoms with Gasteiger partial charge in [-0.3, -0.25) is 9.59 Å². The van der Waals surface area contributed by atoms with E-state index >= 15 is 0 Å². The Morgan fingerprint density at radius 2 is 1.04 bits per heavy atom. The van der Waals surface area contributed by atoms with Crippen molar-refractivity contribution in [2.45, 2.75) is 250 Å². The lowest BCUT2D eigenvalue weighted by atomic mass is 9.94. The lowest BCUT2D eigenvalue weighted by Crippen LogP contribution is -2.38. The van der Waals surface area contributed by atoms with Crippen LogP contribution < -0.4 is 0 Å². The van der Waals surface area contributed by atoms with Crippen LogP contribution in [0.2, 0.25) is 0 Å². The highest BCUT2D eigenvalue weighted by molar-refractivity contribution is 5.69. The monoisotopic (exact) mass is 792 g/mol. The van der Waals surface area contributed by atoms with Crippen LogP contribution in [0.25, 0.3) is 0 Å². The van der Waals surface area contributed by atoms with Crippen molar-refractivity contribution < 1.29 is 28.5 Å². The number of hydrogen-bond donors (Lipinski definition) is 0. The predicted octanol–water partition coefficient (Wildman–Crippen LogP) is 14.0. The minimum absolute atomic E-state index is 0.0114. The van der Waals surface area contributed by atoms with E-state index < -0.39 is 0 Å². The van der Waals surface area contributed by atoms with Gasteiger partial charge in [0.15, 0.2) is 5.79 Å². The van der Waals surface area contributed by atoms with E-state index in [1.165, 1.54) is 128 Å². The molecule has 1 saturated carbocycles. The van der Waals surface area contributed by atoms with E-state index in [9.17, 15) is 9.59 Å². The fraction of sp³-hybridized carbons (Fsp3) is 0.918. The molecule has 0 saturated heterocycles. The number of hydrogen-bond acceptors (Lipinski definition) is 7. The Morgan fingerprint density at radius 1 is 0.554 bits per heavy atom. The molecular weight excluding hydrogens is 699 g/mol. The molecule has 0 N–H and O–H groups in total. The van der Waals surface area contributed by atoms with Gasteiger partial charge in [-0.1, -0.05) is 142 Å². The van der Waals surface area contributed by atoms with Crippen molar-refractivity contribution in [1.29, 1.82) is 0 Å². The summed E-state index contributed by atoms with van der Waals surface area (Å²) in [6, 6.07) is 0. The van der Waals surface area contributed by atoms with Gasteiger partial charge in [-0.05, 0) is 104 Å². The maximum atomic E-state index is 12.7. The van der Waals surface area contributed by atoms with E-state index in [1.807, 2.05) is 6.08 Å². The van der Waals surface area contributed by atoms with Crippen molar-refractivity contribution in [1.82, 2.24) is 4.90 Å². The van der Waals surface area contributed by atoms with Gasteiger partial charge in [0.1, 0.15) is 12.7 Å². The number of unbranched alkanes of at least 4 members (excludes halogenated alkanes) is 21. The predicted molar refractivity (Wildman–Crippen MR) is 236 cm³/mol. The first kappa shape index (κ1) is 52.6. The topological polar surface area (TPSA) is 74.3 Å². The minimum Gasteiger partial charge on any atom is -0.462 e. The van der Waals surface area contributed by atoms with Crippen LogP contribution in [0.3, 0.4) is 0 Å². The van der Waals surface area contributed by atoms with E-state index in [4.69, 9.17) is 18.9 Å². The molecule has 0 bridgehead atoms. The van der Waals surface area contributed by atoms with Crippen molar-refractivity contribution in [3.05, 3.63) is 12.2 Å². The van der Waals surface area contributed by atoms with Crippen LogP contribution in [0, 0.1) is 0 Å². The molecule has 1 aliphatic rings. The van der Waals surface area contributed by atoms with Crippen LogP contribution in [0.5, 0.6) is 0 Å². The van der Waals surface area contributed by atoms with Crippen LogP contribution in [-0.4, -0.2) is 69.2 Å². The summed E-state index contributed by atoms with van der Waals surface area (Å²) in [6.07, 6.45) is 44.0. The zero-order valence-electron chi connectivity index (χ0n) is 37.7. The SMILES string of the molecule is CCCCCC/C=C\COC(=O)CCCCCCCCCC(CCCCCCCCCCOC1(OCCCCCC)CCCCC1)OC(=O)CCCCN(C)C. The molecule has 7 nitrogen and oxygen atoms in total. The normalized spacial score (nSPS) is 14.8. The third-order valence-electron chi connectivity index (χ3n) is 11.4. The van der Waals surface area contributed by atoms with Gasteiger partial charge in [0.05, 0.1) is 13.2 Å². The Labute approximate surface area is 347 Å². The second-order valence-electron chi connectivity index (χ2n) is 17.2. The molecule has 0 aromatic heterocycles. The van der Waals surface area contributed by atoms with Gasteiger partial charge in [-0.25, -0.2) is 0 Å². The standard InChI is InChI=1S/C49H93NO6/c1-5-7-9-11-18-23-33-43-53-47(51)38-28-22-17-14-16-21-27-37-46(56-48(52)39-29-32-42-50(3)4)36-26-20-15-12-13-19-24-35-45-55-49(40-30-25-31-41-49)54-44-34-10-8-6-2/h23,33,46H,5-22,24-32,34-45H2,1-4H3/b33-23-. The Kier molecular flexibility index (Phi) is 36.7. The molecule has 56 heavy (non-hydrogen) atoms. The first-order chi connectivity index (χ1) is 27.4. The number of nitrogens with zero attached hydrogens (tertiary/aromatic N) is 1. The Bertz CT molecular complexity index is 901. The molecule has 0 aliphatic heterocycles. The number of carbonyl (C=O) groups excluding carboxylic acids is 2. The zero-order chi connectivity index (χ0) is 40.6. The summed E-state index contributed by atoms with van der Waals surface area (Å²) in [4.78, 5) is 26.9. The van der Waals surface area contributed by atoms with E-state index in [2.05, 4.69) is 38.9 Å². The summed E-state index contributed by atoms with van der Waals surface area (Å²) in [5, 5.41) is 0. The summed E-state index contributed by atoms with van der Waals surface area (Å²) in [7, 11) is 4.16. The van der Waals surface area contributed by atoms with Gasteiger partial charge >= 0.3 is 11.9 Å². The molecule has 1 atom stereocenters. The quantitative estimate of drug-likeness (QED) is 0.0264. The smallest absolute Gasteiger partial charge is 0.306 e. The highest BCUT2D eigenvalue weighted by Gasteiger charge is 2.33. The largest absolute Gasteiger partial charge is 0.462 e. The molecule has 0 heterocycles. The summed E-state index contributed by atoms with van der Waals surface area (Å²) in [5.41, 5.74) is 0. The fourth-order valence-corrected chi connectivity index (χ4v) is 7.82. The van der Waals surface area contributed by atoms with Crippen molar-refractivity contribution in [3.8, 4) is 0 Å². The summed E-state index contributed by atoms with van der Waals surface area (Å²) in [6.45, 7) is 7.59. The first-order valence-electron chi connectivity index (χ1n) is 24.3. The van der Waals surface area contributed by atoms with Crippen LogP contribution in [-0.2, 0) is 28.5 Å². The molecule has 7 heteroatoms. The maximum absolute atomic E-state index is 12.7. The highest BCUT2D eigenvalue weighted by Crippen LogP contribution is 2.33. The summed E-state index contributed by atoms with van der Waals surface area (Å²) >= 11 is 0. The van der Waals surface area contributed by atoms with Gasteiger partial charge in [0, 0.05) is 25.7 Å². The average molecular weight is 792 g/mol. The van der Waals surface area contributed by atoms with E-state index in [-0.39, 0.29) is 23.8 Å². The van der Waals surface area contributed by atoms with Crippen molar-refractivity contribution in [2.75, 3.05) is 40.5 Å². The minimum atomic E-state index is -0.299. The molecule has 1 unspecified atom stereocenters. The van der Waals surface area contributed by atoms with E-state index in [0.717, 1.165) is 103 Å². The number of allylic oxidation sites excluding steroid dienone is 1. The number of carbonyl (C=O) groups is 2. The second kappa shape index (κ2) is 39.0. The zero-order valence-corrected chi connectivity index (χ0v) is 37.7. The van der Waals surface area contributed by atoms with Gasteiger partial charge in [0.2, 0.25) is 0 Å². The van der Waals surface area contributed by atoms with E-state index in [0.29, 0.717) is 19.4 Å². The number of ether oxygens (including phenoxy) is 4. The number of esters is 2. The number of rotatable bonds is 41.